The maximum atomic E-state index is 4.79. The average molecular weight is 645 g/mol. The van der Waals surface area contributed by atoms with Crippen molar-refractivity contribution in [3.05, 3.63) is 132 Å². The molecule has 4 saturated carbocycles. The van der Waals surface area contributed by atoms with E-state index in [0.29, 0.717) is 11.8 Å². The Morgan fingerprint density at radius 2 is 1.21 bits per heavy atom. The van der Waals surface area contributed by atoms with Crippen LogP contribution in [0.4, 0.5) is 0 Å². The minimum Gasteiger partial charge on any atom is -0.748 e. The topological polar surface area (TPSA) is 51.6 Å². The molecule has 5 aromatic rings. The summed E-state index contributed by atoms with van der Waals surface area (Å²) >= 11 is 0. The van der Waals surface area contributed by atoms with Crippen LogP contribution in [-0.4, -0.2) is 26.1 Å². The van der Waals surface area contributed by atoms with E-state index in [0.717, 1.165) is 29.6 Å². The van der Waals surface area contributed by atoms with Crippen molar-refractivity contribution >= 4 is 18.5 Å². The normalized spacial score (nSPS) is 25.4. The Labute approximate surface area is 270 Å². The third-order valence-corrected chi connectivity index (χ3v) is 11.8. The zero-order valence-electron chi connectivity index (χ0n) is 24.2. The Morgan fingerprint density at radius 3 is 1.67 bits per heavy atom. The first-order chi connectivity index (χ1) is 20.6. The van der Waals surface area contributed by atoms with Gasteiger partial charge < -0.3 is 30.3 Å². The van der Waals surface area contributed by atoms with E-state index in [1.165, 1.54) is 54.4 Å². The number of nitrogens with zero attached hydrogens (tertiary/aromatic N) is 4. The molecule has 9 rings (SSSR count). The van der Waals surface area contributed by atoms with Crippen molar-refractivity contribution in [2.45, 2.75) is 42.7 Å². The van der Waals surface area contributed by atoms with E-state index >= 15 is 0 Å². The molecule has 2 heterocycles. The predicted octanol–water partition coefficient (Wildman–Crippen LogP) is 7.79. The number of hydrogen-bond donors (Lipinski definition) is 0. The Balaban J connectivity index is 0.000000500. The summed E-state index contributed by atoms with van der Waals surface area (Å²) in [6.45, 7) is 0. The van der Waals surface area contributed by atoms with Crippen LogP contribution < -0.4 is 0 Å². The van der Waals surface area contributed by atoms with Crippen LogP contribution in [0.3, 0.4) is 0 Å². The molecule has 7 heteroatoms. The van der Waals surface area contributed by atoms with Gasteiger partial charge in [0.05, 0.1) is 0 Å². The third kappa shape index (κ3) is 5.38. The molecule has 0 amide bonds. The molecule has 4 aliphatic rings. The number of aromatic nitrogens is 4. The minimum atomic E-state index is -0.744. The molecule has 4 aliphatic carbocycles. The second-order valence-corrected chi connectivity index (χ2v) is 13.7. The second-order valence-electron chi connectivity index (χ2n) is 12.4. The summed E-state index contributed by atoms with van der Waals surface area (Å²) in [5.74, 6) is 4.70. The van der Waals surface area contributed by atoms with Gasteiger partial charge in [0.25, 0.3) is 0 Å². The molecule has 43 heavy (non-hydrogen) atoms. The second kappa shape index (κ2) is 12.8. The van der Waals surface area contributed by atoms with Crippen molar-refractivity contribution in [3.8, 4) is 11.1 Å². The Kier molecular flexibility index (Phi) is 9.09. The molecule has 4 nitrogen and oxygen atoms in total. The molecule has 2 aromatic heterocycles. The molecule has 3 aromatic carbocycles. The van der Waals surface area contributed by atoms with Gasteiger partial charge in [-0.25, -0.2) is 26.0 Å². The molecule has 0 spiro atoms. The summed E-state index contributed by atoms with van der Waals surface area (Å²) in [6, 6.07) is 29.4. The Morgan fingerprint density at radius 1 is 0.721 bits per heavy atom. The van der Waals surface area contributed by atoms with Crippen molar-refractivity contribution in [2.75, 3.05) is 6.16 Å². The maximum absolute atomic E-state index is 4.79. The Hall–Kier alpha value is -2.54. The molecule has 4 fully saturated rings. The Bertz CT molecular complexity index is 1500. The summed E-state index contributed by atoms with van der Waals surface area (Å²) in [6.07, 6.45) is 15.3. The SMILES string of the molecule is PCC1([c-]2cc(-c3ccccc3)cc2C(P)(c2ncccn2)c2ncccn2)C2CC3CC(C2)CC1C3.[Fe].[cH-]1[cH-][cH-][cH-][cH-]1. The molecule has 4 bridgehead atoms. The predicted molar refractivity (Wildman–Crippen MR) is 176 cm³/mol. The fourth-order valence-corrected chi connectivity index (χ4v) is 10.0. The largest absolute Gasteiger partial charge is 0.748 e. The number of benzene rings is 1. The van der Waals surface area contributed by atoms with E-state index in [-0.39, 0.29) is 22.5 Å². The fraction of sp³-hybridized carbons (Fsp3) is 0.333. The van der Waals surface area contributed by atoms with Crippen LogP contribution in [-0.2, 0) is 27.6 Å². The van der Waals surface area contributed by atoms with E-state index < -0.39 is 5.16 Å². The smallest absolute Gasteiger partial charge is 0.147 e. The molecule has 0 saturated heterocycles. The molecule has 2 atom stereocenters. The van der Waals surface area contributed by atoms with Crippen molar-refractivity contribution in [2.24, 2.45) is 23.7 Å². The quantitative estimate of drug-likeness (QED) is 0.108. The van der Waals surface area contributed by atoms with Gasteiger partial charge >= 0.3 is 0 Å². The summed E-state index contributed by atoms with van der Waals surface area (Å²) in [5.41, 5.74) is 5.34. The van der Waals surface area contributed by atoms with Crippen molar-refractivity contribution in [1.82, 2.24) is 19.9 Å². The van der Waals surface area contributed by atoms with E-state index in [1.54, 1.807) is 0 Å². The first-order valence-corrected chi connectivity index (χ1v) is 16.6. The molecule has 226 valence electrons. The summed E-state index contributed by atoms with van der Waals surface area (Å²) in [4.78, 5) is 19.2. The van der Waals surface area contributed by atoms with Crippen LogP contribution in [0.5, 0.6) is 0 Å². The molecular formula is C36H38FeN4P2-6. The van der Waals surface area contributed by atoms with Crippen molar-refractivity contribution in [3.63, 3.8) is 0 Å². The molecule has 0 N–H and O–H groups in total. The van der Waals surface area contributed by atoms with Crippen LogP contribution in [0, 0.1) is 23.7 Å². The van der Waals surface area contributed by atoms with E-state index in [2.05, 4.69) is 60.9 Å². The third-order valence-electron chi connectivity index (χ3n) is 10.2. The maximum Gasteiger partial charge on any atom is 0.147 e. The molecule has 0 radical (unpaired) electrons. The molecule has 0 aliphatic heterocycles. The standard InChI is InChI=1S/C31H33N4P2.C5H5.Fe/c36-19-30(24-13-20-12-21(15-24)16-25(30)14-20)26-17-23(22-6-2-1-3-7-22)18-27(26)31(37,28-32-8-4-9-33-28)29-34-10-5-11-35-29;1-2-4-5-3-1;/h1-11,17-18,20-21,24-25H,12-16,19,36-37H2;1-5H;/q-1;-5;. The zero-order chi connectivity index (χ0) is 28.6. The fourth-order valence-electron chi connectivity index (χ4n) is 8.59. The van der Waals surface area contributed by atoms with Gasteiger partial charge in [0.2, 0.25) is 0 Å². The number of hydrogen-bond acceptors (Lipinski definition) is 4. The van der Waals surface area contributed by atoms with Crippen molar-refractivity contribution in [1.29, 1.82) is 0 Å². The van der Waals surface area contributed by atoms with E-state index in [9.17, 15) is 0 Å². The number of rotatable bonds is 6. The summed E-state index contributed by atoms with van der Waals surface area (Å²) in [5, 5.41) is -0.744. The van der Waals surface area contributed by atoms with E-state index in [4.69, 9.17) is 19.9 Å². The first kappa shape index (κ1) is 30.5. The summed E-state index contributed by atoms with van der Waals surface area (Å²) in [7, 11) is 6.29. The van der Waals surface area contributed by atoms with Crippen LogP contribution >= 0.6 is 18.5 Å². The van der Waals surface area contributed by atoms with Crippen molar-refractivity contribution < 1.29 is 17.1 Å². The minimum absolute atomic E-state index is 0. The zero-order valence-corrected chi connectivity index (χ0v) is 27.7. The average Bonchev–Trinajstić information content (AvgIpc) is 3.77. The van der Waals surface area contributed by atoms with Crippen LogP contribution in [0.15, 0.2) is 110 Å². The molecule has 2 unspecified atom stereocenters. The van der Waals surface area contributed by atoms with Crippen LogP contribution in [0.2, 0.25) is 0 Å². The monoisotopic (exact) mass is 644 g/mol. The van der Waals surface area contributed by atoms with Gasteiger partial charge in [0.1, 0.15) is 16.8 Å². The van der Waals surface area contributed by atoms with Gasteiger partial charge in [0.15, 0.2) is 0 Å². The molecular weight excluding hydrogens is 606 g/mol. The van der Waals surface area contributed by atoms with Gasteiger partial charge in [-0.05, 0) is 79.5 Å². The van der Waals surface area contributed by atoms with E-state index in [1.807, 2.05) is 67.3 Å². The summed E-state index contributed by atoms with van der Waals surface area (Å²) < 4.78 is 0. The van der Waals surface area contributed by atoms with Gasteiger partial charge in [-0.2, -0.15) is 11.6 Å². The van der Waals surface area contributed by atoms with Gasteiger partial charge in [-0.15, -0.1) is 29.6 Å². The van der Waals surface area contributed by atoms with Crippen LogP contribution in [0.1, 0.15) is 54.9 Å². The van der Waals surface area contributed by atoms with Gasteiger partial charge in [-0.3, -0.25) is 0 Å². The first-order valence-electron chi connectivity index (χ1n) is 15.2. The van der Waals surface area contributed by atoms with Gasteiger partial charge in [-0.1, -0.05) is 35.9 Å². The van der Waals surface area contributed by atoms with Crippen LogP contribution in [0.25, 0.3) is 11.1 Å². The van der Waals surface area contributed by atoms with Gasteiger partial charge in [0, 0.05) is 41.9 Å².